The zero-order valence-corrected chi connectivity index (χ0v) is 12.2. The van der Waals surface area contributed by atoms with Gasteiger partial charge in [-0.05, 0) is 35.0 Å². The number of alkyl halides is 2. The molecule has 6 heteroatoms. The van der Waals surface area contributed by atoms with Crippen LogP contribution in [0.5, 0.6) is 0 Å². The molecule has 0 saturated heterocycles. The lowest BCUT2D eigenvalue weighted by Crippen LogP contribution is -2.49. The van der Waals surface area contributed by atoms with Gasteiger partial charge in [0.15, 0.2) is 0 Å². The van der Waals surface area contributed by atoms with Gasteiger partial charge in [-0.25, -0.2) is 4.39 Å². The summed E-state index contributed by atoms with van der Waals surface area (Å²) in [4.78, 5) is 11.9. The highest BCUT2D eigenvalue weighted by atomic mass is 79.9. The van der Waals surface area contributed by atoms with Crippen molar-refractivity contribution >= 4 is 45.0 Å². The van der Waals surface area contributed by atoms with E-state index >= 15 is 0 Å². The molecule has 0 unspecified atom stereocenters. The molecule has 0 bridgehead atoms. The fraction of sp³-hybridized carbons (Fsp3) is 0.364. The van der Waals surface area contributed by atoms with Gasteiger partial charge in [0.05, 0.1) is 11.1 Å². The lowest BCUT2D eigenvalue weighted by atomic mass is 10.1. The maximum absolute atomic E-state index is 13.5. The summed E-state index contributed by atoms with van der Waals surface area (Å²) in [5.74, 6) is -0.843. The first kappa shape index (κ1) is 14.7. The predicted molar refractivity (Wildman–Crippen MR) is 71.4 cm³/mol. The first-order valence-electron chi connectivity index (χ1n) is 4.82. The molecule has 2 nitrogen and oxygen atoms in total. The van der Waals surface area contributed by atoms with Crippen molar-refractivity contribution < 1.29 is 9.18 Å². The van der Waals surface area contributed by atoms with Gasteiger partial charge in [-0.15, -0.1) is 23.2 Å². The van der Waals surface area contributed by atoms with Crippen molar-refractivity contribution in [1.29, 1.82) is 0 Å². The van der Waals surface area contributed by atoms with Gasteiger partial charge in [0.25, 0.3) is 5.91 Å². The van der Waals surface area contributed by atoms with Crippen molar-refractivity contribution in [3.05, 3.63) is 34.1 Å². The Morgan fingerprint density at radius 2 is 2.06 bits per heavy atom. The smallest absolute Gasteiger partial charge is 0.255 e. The Balaban J connectivity index is 2.98. The van der Waals surface area contributed by atoms with Gasteiger partial charge in [0, 0.05) is 16.2 Å². The molecule has 0 fully saturated rings. The Hall–Kier alpha value is -0.320. The number of carbonyl (C=O) groups excluding carboxylic acids is 1. The average molecular weight is 343 g/mol. The molecule has 0 saturated carbocycles. The molecule has 1 rings (SSSR count). The Morgan fingerprint density at radius 1 is 1.47 bits per heavy atom. The van der Waals surface area contributed by atoms with E-state index in [1.54, 1.807) is 13.0 Å². The number of benzene rings is 1. The maximum Gasteiger partial charge on any atom is 0.255 e. The minimum absolute atomic E-state index is 0.0473. The highest BCUT2D eigenvalue weighted by Gasteiger charge is 2.27. The molecule has 0 aliphatic rings. The Bertz CT molecular complexity index is 404. The van der Waals surface area contributed by atoms with Crippen LogP contribution in [0.25, 0.3) is 0 Å². The molecule has 0 heterocycles. The van der Waals surface area contributed by atoms with Gasteiger partial charge in [-0.1, -0.05) is 6.07 Å². The molecular weight excluding hydrogens is 332 g/mol. The normalized spacial score (nSPS) is 11.4. The molecule has 1 aromatic rings. The van der Waals surface area contributed by atoms with Gasteiger partial charge in [0.1, 0.15) is 5.82 Å². The minimum atomic E-state index is -0.762. The largest absolute Gasteiger partial charge is 0.344 e. The Labute approximate surface area is 118 Å². The number of carbonyl (C=O) groups is 1. The third-order valence-electron chi connectivity index (χ3n) is 2.20. The van der Waals surface area contributed by atoms with Gasteiger partial charge in [0.2, 0.25) is 0 Å². The Morgan fingerprint density at radius 3 is 2.53 bits per heavy atom. The molecular formula is C11H11BrCl2FNO. The van der Waals surface area contributed by atoms with Gasteiger partial charge < -0.3 is 5.32 Å². The van der Waals surface area contributed by atoms with E-state index in [4.69, 9.17) is 23.2 Å². The van der Waals surface area contributed by atoms with Gasteiger partial charge in [-0.3, -0.25) is 4.79 Å². The molecule has 0 atom stereocenters. The molecule has 0 aliphatic heterocycles. The SMILES string of the molecule is CC(CCl)(CCl)NC(=O)c1c(F)cccc1Br. The quantitative estimate of drug-likeness (QED) is 0.833. The highest BCUT2D eigenvalue weighted by Crippen LogP contribution is 2.21. The van der Waals surface area contributed by atoms with Gasteiger partial charge in [-0.2, -0.15) is 0 Å². The van der Waals surface area contributed by atoms with Crippen LogP contribution in [-0.4, -0.2) is 23.2 Å². The number of halogens is 4. The molecule has 1 N–H and O–H groups in total. The second-order valence-corrected chi connectivity index (χ2v) is 5.27. The first-order valence-corrected chi connectivity index (χ1v) is 6.68. The molecule has 0 aromatic heterocycles. The van der Waals surface area contributed by atoms with E-state index in [2.05, 4.69) is 21.2 Å². The summed E-state index contributed by atoms with van der Waals surface area (Å²) in [6.07, 6.45) is 0. The zero-order valence-electron chi connectivity index (χ0n) is 9.07. The lowest BCUT2D eigenvalue weighted by Gasteiger charge is -2.26. The van der Waals surface area contributed by atoms with Crippen molar-refractivity contribution in [3.8, 4) is 0 Å². The third-order valence-corrected chi connectivity index (χ3v) is 4.04. The summed E-state index contributed by atoms with van der Waals surface area (Å²) in [6, 6.07) is 4.33. The Kier molecular flexibility index (Phi) is 5.22. The van der Waals surface area contributed by atoms with Crippen molar-refractivity contribution in [2.75, 3.05) is 11.8 Å². The van der Waals surface area contributed by atoms with Crippen LogP contribution in [-0.2, 0) is 0 Å². The van der Waals surface area contributed by atoms with E-state index in [9.17, 15) is 9.18 Å². The van der Waals surface area contributed by atoms with Crippen LogP contribution in [0.15, 0.2) is 22.7 Å². The number of rotatable bonds is 4. The van der Waals surface area contributed by atoms with E-state index in [1.165, 1.54) is 12.1 Å². The highest BCUT2D eigenvalue weighted by molar-refractivity contribution is 9.10. The van der Waals surface area contributed by atoms with E-state index < -0.39 is 17.3 Å². The summed E-state index contributed by atoms with van der Waals surface area (Å²) in [6.45, 7) is 1.69. The van der Waals surface area contributed by atoms with Crippen LogP contribution >= 0.6 is 39.1 Å². The van der Waals surface area contributed by atoms with Crippen LogP contribution in [0.1, 0.15) is 17.3 Å². The summed E-state index contributed by atoms with van der Waals surface area (Å²) in [5.41, 5.74) is -0.809. The lowest BCUT2D eigenvalue weighted by molar-refractivity contribution is 0.0916. The van der Waals surface area contributed by atoms with Crippen molar-refractivity contribution in [2.45, 2.75) is 12.5 Å². The van der Waals surface area contributed by atoms with Crippen LogP contribution in [0, 0.1) is 5.82 Å². The first-order chi connectivity index (χ1) is 7.93. The second kappa shape index (κ2) is 6.03. The van der Waals surface area contributed by atoms with Gasteiger partial charge >= 0.3 is 0 Å². The fourth-order valence-corrected chi connectivity index (χ4v) is 2.10. The van der Waals surface area contributed by atoms with Crippen LogP contribution < -0.4 is 5.32 Å². The second-order valence-electron chi connectivity index (χ2n) is 3.88. The van der Waals surface area contributed by atoms with E-state index in [0.717, 1.165) is 0 Å². The van der Waals surface area contributed by atoms with Crippen LogP contribution in [0.3, 0.4) is 0 Å². The number of amides is 1. The summed E-state index contributed by atoms with van der Waals surface area (Å²) >= 11 is 14.6. The monoisotopic (exact) mass is 341 g/mol. The maximum atomic E-state index is 13.5. The number of hydrogen-bond donors (Lipinski definition) is 1. The molecule has 1 aromatic carbocycles. The molecule has 0 spiro atoms. The molecule has 17 heavy (non-hydrogen) atoms. The summed E-state index contributed by atoms with van der Waals surface area (Å²) in [7, 11) is 0. The third kappa shape index (κ3) is 3.57. The van der Waals surface area contributed by atoms with Crippen LogP contribution in [0.4, 0.5) is 4.39 Å². The molecule has 0 radical (unpaired) electrons. The topological polar surface area (TPSA) is 29.1 Å². The van der Waals surface area contributed by atoms with Crippen LogP contribution in [0.2, 0.25) is 0 Å². The van der Waals surface area contributed by atoms with E-state index in [-0.39, 0.29) is 17.3 Å². The number of nitrogens with one attached hydrogen (secondary N) is 1. The fourth-order valence-electron chi connectivity index (χ4n) is 1.15. The minimum Gasteiger partial charge on any atom is -0.344 e. The molecule has 1 amide bonds. The number of hydrogen-bond acceptors (Lipinski definition) is 1. The summed E-state index contributed by atoms with van der Waals surface area (Å²) < 4.78 is 13.9. The molecule has 94 valence electrons. The zero-order chi connectivity index (χ0) is 13.1. The van der Waals surface area contributed by atoms with Crippen molar-refractivity contribution in [1.82, 2.24) is 5.32 Å². The molecule has 0 aliphatic carbocycles. The van der Waals surface area contributed by atoms with Crippen molar-refractivity contribution in [2.24, 2.45) is 0 Å². The van der Waals surface area contributed by atoms with Crippen molar-refractivity contribution in [3.63, 3.8) is 0 Å². The standard InChI is InChI=1S/C11H11BrCl2FNO/c1-11(5-13,6-14)16-10(17)9-7(12)3-2-4-8(9)15/h2-4H,5-6H2,1H3,(H,16,17). The van der Waals surface area contributed by atoms with E-state index in [0.29, 0.717) is 4.47 Å². The van der Waals surface area contributed by atoms with E-state index in [1.807, 2.05) is 0 Å². The predicted octanol–water partition coefficient (Wildman–Crippen LogP) is 3.55. The average Bonchev–Trinajstić information content (AvgIpc) is 2.28. The summed E-state index contributed by atoms with van der Waals surface area (Å²) in [5, 5.41) is 2.62.